The Kier molecular flexibility index (Phi) is 1.82. The van der Waals surface area contributed by atoms with Crippen LogP contribution < -0.4 is 0 Å². The molecule has 0 aromatic heterocycles. The Bertz CT molecular complexity index is 107. The van der Waals surface area contributed by atoms with Gasteiger partial charge in [0.25, 0.3) is 0 Å². The SMILES string of the molecule is [2H]C([2H])(CO)OC(C)(C)C. The molecule has 0 aliphatic rings. The van der Waals surface area contributed by atoms with Gasteiger partial charge >= 0.3 is 0 Å². The molecule has 0 heterocycles. The number of hydrogen-bond donors (Lipinski definition) is 1. The van der Waals surface area contributed by atoms with E-state index in [-0.39, 0.29) is 0 Å². The highest BCUT2D eigenvalue weighted by molar-refractivity contribution is 4.57. The second-order valence-electron chi connectivity index (χ2n) is 2.52. The van der Waals surface area contributed by atoms with Crippen molar-refractivity contribution >= 4 is 0 Å². The summed E-state index contributed by atoms with van der Waals surface area (Å²) in [6, 6.07) is 0. The van der Waals surface area contributed by atoms with Crippen LogP contribution >= 0.6 is 0 Å². The summed E-state index contributed by atoms with van der Waals surface area (Å²) >= 11 is 0. The van der Waals surface area contributed by atoms with Crippen molar-refractivity contribution in [3.8, 4) is 0 Å². The van der Waals surface area contributed by atoms with Crippen LogP contribution in [-0.2, 0) is 4.74 Å². The van der Waals surface area contributed by atoms with Gasteiger partial charge in [-0.25, -0.2) is 0 Å². The quantitative estimate of drug-likeness (QED) is 0.584. The van der Waals surface area contributed by atoms with E-state index in [1.807, 2.05) is 0 Å². The first kappa shape index (κ1) is 4.77. The maximum atomic E-state index is 8.46. The molecule has 50 valence electrons. The van der Waals surface area contributed by atoms with Gasteiger partial charge in [0, 0.05) is 0 Å². The Morgan fingerprint density at radius 3 is 2.25 bits per heavy atom. The van der Waals surface area contributed by atoms with E-state index in [0.717, 1.165) is 0 Å². The minimum atomic E-state index is -1.92. The van der Waals surface area contributed by atoms with E-state index in [0.29, 0.717) is 0 Å². The van der Waals surface area contributed by atoms with Crippen LogP contribution in [0.1, 0.15) is 23.5 Å². The molecule has 0 atom stereocenters. The van der Waals surface area contributed by atoms with E-state index in [1.165, 1.54) is 0 Å². The van der Waals surface area contributed by atoms with Crippen LogP contribution in [0, 0.1) is 0 Å². The Labute approximate surface area is 53.3 Å². The first-order valence-corrected chi connectivity index (χ1v) is 2.58. The first-order valence-electron chi connectivity index (χ1n) is 3.58. The van der Waals surface area contributed by atoms with Gasteiger partial charge in [-0.2, -0.15) is 0 Å². The highest BCUT2D eigenvalue weighted by Crippen LogP contribution is 2.04. The lowest BCUT2D eigenvalue weighted by Gasteiger charge is -2.18. The second kappa shape index (κ2) is 3.05. The van der Waals surface area contributed by atoms with Crippen molar-refractivity contribution in [3.63, 3.8) is 0 Å². The molecule has 2 heteroatoms. The average Bonchev–Trinajstić information content (AvgIpc) is 1.60. The lowest BCUT2D eigenvalue weighted by atomic mass is 10.2. The molecule has 0 radical (unpaired) electrons. The zero-order valence-corrected chi connectivity index (χ0v) is 5.56. The lowest BCUT2D eigenvalue weighted by Crippen LogP contribution is -2.20. The topological polar surface area (TPSA) is 29.5 Å². The van der Waals surface area contributed by atoms with Gasteiger partial charge in [-0.15, -0.1) is 0 Å². The molecule has 0 saturated carbocycles. The average molecular weight is 120 g/mol. The van der Waals surface area contributed by atoms with Crippen LogP contribution in [-0.4, -0.2) is 23.9 Å². The Morgan fingerprint density at radius 1 is 1.62 bits per heavy atom. The predicted octanol–water partition coefficient (Wildman–Crippen LogP) is 0.794. The van der Waals surface area contributed by atoms with Gasteiger partial charge in [-0.3, -0.25) is 0 Å². The monoisotopic (exact) mass is 120 g/mol. The normalized spacial score (nSPS) is 17.5. The molecule has 0 amide bonds. The minimum absolute atomic E-state index is 0.549. The zero-order valence-electron chi connectivity index (χ0n) is 7.56. The van der Waals surface area contributed by atoms with Crippen LogP contribution in [0.15, 0.2) is 0 Å². The third-order valence-corrected chi connectivity index (χ3v) is 0.443. The molecule has 2 nitrogen and oxygen atoms in total. The maximum absolute atomic E-state index is 8.46. The summed E-state index contributed by atoms with van der Waals surface area (Å²) in [6.07, 6.45) is 0. The Morgan fingerprint density at radius 2 is 2.12 bits per heavy atom. The fraction of sp³-hybridized carbons (Fsp3) is 1.00. The van der Waals surface area contributed by atoms with Crippen molar-refractivity contribution in [3.05, 3.63) is 0 Å². The smallest absolute Gasteiger partial charge is 0.0704 e. The van der Waals surface area contributed by atoms with Crippen LogP contribution in [0.25, 0.3) is 0 Å². The van der Waals surface area contributed by atoms with Crippen LogP contribution in [0.2, 0.25) is 0 Å². The Hall–Kier alpha value is -0.0800. The van der Waals surface area contributed by atoms with E-state index >= 15 is 0 Å². The van der Waals surface area contributed by atoms with E-state index in [4.69, 9.17) is 12.6 Å². The molecule has 0 bridgehead atoms. The third kappa shape index (κ3) is 5.92. The van der Waals surface area contributed by atoms with Crippen LogP contribution in [0.3, 0.4) is 0 Å². The summed E-state index contributed by atoms with van der Waals surface area (Å²) in [6.45, 7) is 2.68. The van der Waals surface area contributed by atoms with Gasteiger partial charge in [0.1, 0.15) is 0 Å². The molecule has 0 spiro atoms. The summed E-state index contributed by atoms with van der Waals surface area (Å²) in [5.74, 6) is 0. The van der Waals surface area contributed by atoms with E-state index in [1.54, 1.807) is 20.8 Å². The molecule has 0 aliphatic heterocycles. The highest BCUT2D eigenvalue weighted by atomic mass is 16.5. The number of rotatable bonds is 2. The summed E-state index contributed by atoms with van der Waals surface area (Å²) in [5, 5.41) is 8.46. The first-order chi connectivity index (χ1) is 4.27. The van der Waals surface area contributed by atoms with Crippen molar-refractivity contribution in [1.29, 1.82) is 0 Å². The van der Waals surface area contributed by atoms with Gasteiger partial charge in [-0.1, -0.05) is 0 Å². The number of ether oxygens (including phenoxy) is 1. The van der Waals surface area contributed by atoms with Crippen molar-refractivity contribution < 1.29 is 12.6 Å². The van der Waals surface area contributed by atoms with Crippen molar-refractivity contribution in [2.75, 3.05) is 13.2 Å². The standard InChI is InChI=1S/C6H14O2/c1-6(2,3)8-5-4-7/h7H,4-5H2,1-3H3/i5D2. The molecule has 0 fully saturated rings. The molecule has 0 aromatic carbocycles. The lowest BCUT2D eigenvalue weighted by molar-refractivity contribution is -0.0199. The van der Waals surface area contributed by atoms with Gasteiger partial charge in [0.05, 0.1) is 21.5 Å². The fourth-order valence-corrected chi connectivity index (χ4v) is 0.249. The molecular weight excluding hydrogens is 104 g/mol. The summed E-state index contributed by atoms with van der Waals surface area (Å²) in [7, 11) is 0. The van der Waals surface area contributed by atoms with Crippen LogP contribution in [0.5, 0.6) is 0 Å². The summed E-state index contributed by atoms with van der Waals surface area (Å²) in [5.41, 5.74) is -0.549. The third-order valence-electron chi connectivity index (χ3n) is 0.443. The molecule has 1 N–H and O–H groups in total. The number of aliphatic hydroxyl groups is 1. The molecule has 0 unspecified atom stereocenters. The number of aliphatic hydroxyl groups excluding tert-OH is 1. The van der Waals surface area contributed by atoms with Gasteiger partial charge < -0.3 is 9.84 Å². The molecule has 0 rings (SSSR count). The molecular formula is C6H14O2. The van der Waals surface area contributed by atoms with Gasteiger partial charge in [0.2, 0.25) is 0 Å². The Balaban J connectivity index is 3.89. The van der Waals surface area contributed by atoms with E-state index in [9.17, 15) is 0 Å². The van der Waals surface area contributed by atoms with Crippen molar-refractivity contribution in [2.24, 2.45) is 0 Å². The summed E-state index contributed by atoms with van der Waals surface area (Å²) in [4.78, 5) is 0. The highest BCUT2D eigenvalue weighted by Gasteiger charge is 2.07. The molecule has 0 aromatic rings. The summed E-state index contributed by atoms with van der Waals surface area (Å²) < 4.78 is 18.9. The molecule has 0 saturated heterocycles. The number of hydrogen-bond acceptors (Lipinski definition) is 2. The largest absolute Gasteiger partial charge is 0.394 e. The molecule has 8 heavy (non-hydrogen) atoms. The van der Waals surface area contributed by atoms with Gasteiger partial charge in [0.15, 0.2) is 0 Å². The second-order valence-corrected chi connectivity index (χ2v) is 2.52. The predicted molar refractivity (Wildman–Crippen MR) is 32.8 cm³/mol. The van der Waals surface area contributed by atoms with Crippen LogP contribution in [0.4, 0.5) is 0 Å². The minimum Gasteiger partial charge on any atom is -0.394 e. The van der Waals surface area contributed by atoms with Gasteiger partial charge in [-0.05, 0) is 20.8 Å². The van der Waals surface area contributed by atoms with E-state index in [2.05, 4.69) is 0 Å². The fourth-order valence-electron chi connectivity index (χ4n) is 0.249. The molecule has 0 aliphatic carbocycles. The van der Waals surface area contributed by atoms with Crippen molar-refractivity contribution in [2.45, 2.75) is 26.4 Å². The van der Waals surface area contributed by atoms with Crippen molar-refractivity contribution in [1.82, 2.24) is 0 Å². The zero-order chi connectivity index (χ0) is 8.41. The maximum Gasteiger partial charge on any atom is 0.0704 e. The van der Waals surface area contributed by atoms with E-state index < -0.39 is 18.8 Å².